The molecule has 0 saturated heterocycles. The van der Waals surface area contributed by atoms with E-state index in [1.165, 1.54) is 12.1 Å². The molecule has 0 saturated carbocycles. The number of benzene rings is 2. The first-order valence-electron chi connectivity index (χ1n) is 6.66. The van der Waals surface area contributed by atoms with Gasteiger partial charge < -0.3 is 0 Å². The highest BCUT2D eigenvalue weighted by Crippen LogP contribution is 2.24. The SMILES string of the molecule is CCC(=O)N(c1ccc(C)cc1)S(=O)(=O)c1ccccc1. The molecule has 0 aliphatic carbocycles. The van der Waals surface area contributed by atoms with E-state index >= 15 is 0 Å². The van der Waals surface area contributed by atoms with Gasteiger partial charge >= 0.3 is 0 Å². The number of hydrogen-bond donors (Lipinski definition) is 0. The molecular formula is C16H17NO3S. The Kier molecular flexibility index (Phi) is 4.43. The van der Waals surface area contributed by atoms with Gasteiger partial charge in [0.15, 0.2) is 0 Å². The van der Waals surface area contributed by atoms with Crippen molar-refractivity contribution in [2.24, 2.45) is 0 Å². The first-order chi connectivity index (χ1) is 9.96. The van der Waals surface area contributed by atoms with Crippen LogP contribution in [-0.2, 0) is 14.8 Å². The van der Waals surface area contributed by atoms with Crippen molar-refractivity contribution in [3.8, 4) is 0 Å². The largest absolute Gasteiger partial charge is 0.273 e. The van der Waals surface area contributed by atoms with Gasteiger partial charge in [0, 0.05) is 6.42 Å². The van der Waals surface area contributed by atoms with E-state index in [0.29, 0.717) is 5.69 Å². The van der Waals surface area contributed by atoms with Crippen molar-refractivity contribution >= 4 is 21.6 Å². The van der Waals surface area contributed by atoms with Gasteiger partial charge in [-0.2, -0.15) is 0 Å². The van der Waals surface area contributed by atoms with Crippen LogP contribution >= 0.6 is 0 Å². The number of aryl methyl sites for hydroxylation is 1. The maximum Gasteiger partial charge on any atom is 0.270 e. The summed E-state index contributed by atoms with van der Waals surface area (Å²) in [5, 5.41) is 0. The summed E-state index contributed by atoms with van der Waals surface area (Å²) in [6.07, 6.45) is 0.111. The molecule has 4 nitrogen and oxygen atoms in total. The summed E-state index contributed by atoms with van der Waals surface area (Å²) in [6, 6.07) is 14.8. The zero-order valence-electron chi connectivity index (χ0n) is 12.0. The smallest absolute Gasteiger partial charge is 0.270 e. The van der Waals surface area contributed by atoms with Gasteiger partial charge in [-0.25, -0.2) is 12.7 Å². The highest BCUT2D eigenvalue weighted by atomic mass is 32.2. The molecule has 0 atom stereocenters. The van der Waals surface area contributed by atoms with Crippen LogP contribution in [0.5, 0.6) is 0 Å². The van der Waals surface area contributed by atoms with Gasteiger partial charge in [-0.15, -0.1) is 0 Å². The van der Waals surface area contributed by atoms with Gasteiger partial charge in [0.2, 0.25) is 5.91 Å². The average Bonchev–Trinajstić information content (AvgIpc) is 2.50. The fourth-order valence-corrected chi connectivity index (χ4v) is 3.45. The van der Waals surface area contributed by atoms with Gasteiger partial charge in [-0.1, -0.05) is 42.8 Å². The summed E-state index contributed by atoms with van der Waals surface area (Å²) in [6.45, 7) is 3.55. The van der Waals surface area contributed by atoms with Crippen molar-refractivity contribution < 1.29 is 13.2 Å². The Balaban J connectivity index is 2.56. The molecule has 0 aliphatic rings. The molecule has 0 fully saturated rings. The molecule has 5 heteroatoms. The standard InChI is InChI=1S/C16H17NO3S/c1-3-16(18)17(14-11-9-13(2)10-12-14)21(19,20)15-7-5-4-6-8-15/h4-12H,3H2,1-2H3. The Hall–Kier alpha value is -2.14. The topological polar surface area (TPSA) is 54.5 Å². The Morgan fingerprint density at radius 2 is 1.57 bits per heavy atom. The normalized spacial score (nSPS) is 11.1. The van der Waals surface area contributed by atoms with Crippen molar-refractivity contribution in [1.29, 1.82) is 0 Å². The Morgan fingerprint density at radius 3 is 2.10 bits per heavy atom. The number of carbonyl (C=O) groups excluding carboxylic acids is 1. The minimum atomic E-state index is -3.89. The lowest BCUT2D eigenvalue weighted by atomic mass is 10.2. The number of rotatable bonds is 4. The van der Waals surface area contributed by atoms with Crippen LogP contribution in [0.2, 0.25) is 0 Å². The third-order valence-corrected chi connectivity index (χ3v) is 4.84. The molecule has 110 valence electrons. The van der Waals surface area contributed by atoms with Crippen LogP contribution < -0.4 is 4.31 Å². The highest BCUT2D eigenvalue weighted by Gasteiger charge is 2.29. The van der Waals surface area contributed by atoms with Crippen molar-refractivity contribution in [3.05, 3.63) is 60.2 Å². The number of hydrogen-bond acceptors (Lipinski definition) is 3. The van der Waals surface area contributed by atoms with E-state index in [1.54, 1.807) is 49.4 Å². The van der Waals surface area contributed by atoms with E-state index in [1.807, 2.05) is 6.92 Å². The van der Waals surface area contributed by atoms with E-state index in [-0.39, 0.29) is 11.3 Å². The Labute approximate surface area is 125 Å². The van der Waals surface area contributed by atoms with E-state index in [4.69, 9.17) is 0 Å². The van der Waals surface area contributed by atoms with Crippen molar-refractivity contribution in [2.45, 2.75) is 25.2 Å². The van der Waals surface area contributed by atoms with E-state index in [2.05, 4.69) is 0 Å². The molecule has 0 bridgehead atoms. The predicted octanol–water partition coefficient (Wildman–Crippen LogP) is 3.13. The molecule has 2 rings (SSSR count). The van der Waals surface area contributed by atoms with Crippen LogP contribution in [0, 0.1) is 6.92 Å². The molecule has 0 aliphatic heterocycles. The van der Waals surface area contributed by atoms with Gasteiger partial charge in [0.25, 0.3) is 10.0 Å². The van der Waals surface area contributed by atoms with Crippen LogP contribution in [-0.4, -0.2) is 14.3 Å². The molecule has 0 spiro atoms. The molecule has 2 aromatic carbocycles. The summed E-state index contributed by atoms with van der Waals surface area (Å²) in [4.78, 5) is 12.3. The van der Waals surface area contributed by atoms with Crippen LogP contribution in [0.4, 0.5) is 5.69 Å². The quantitative estimate of drug-likeness (QED) is 0.872. The van der Waals surface area contributed by atoms with E-state index < -0.39 is 15.9 Å². The predicted molar refractivity (Wildman–Crippen MR) is 82.6 cm³/mol. The van der Waals surface area contributed by atoms with Gasteiger partial charge in [-0.3, -0.25) is 4.79 Å². The van der Waals surface area contributed by atoms with Crippen molar-refractivity contribution in [2.75, 3.05) is 4.31 Å². The number of sulfonamides is 1. The van der Waals surface area contributed by atoms with E-state index in [0.717, 1.165) is 9.87 Å². The molecule has 0 heterocycles. The Bertz CT molecular complexity index is 722. The van der Waals surface area contributed by atoms with Crippen LogP contribution in [0.15, 0.2) is 59.5 Å². The maximum absolute atomic E-state index is 12.7. The molecular weight excluding hydrogens is 286 g/mol. The lowest BCUT2D eigenvalue weighted by Gasteiger charge is -2.22. The monoisotopic (exact) mass is 303 g/mol. The second-order valence-electron chi connectivity index (χ2n) is 4.67. The zero-order valence-corrected chi connectivity index (χ0v) is 12.8. The first kappa shape index (κ1) is 15.3. The highest BCUT2D eigenvalue weighted by molar-refractivity contribution is 7.93. The molecule has 2 aromatic rings. The second kappa shape index (κ2) is 6.10. The lowest BCUT2D eigenvalue weighted by Crippen LogP contribution is -2.36. The molecule has 0 aromatic heterocycles. The molecule has 0 unspecified atom stereocenters. The third kappa shape index (κ3) is 3.13. The van der Waals surface area contributed by atoms with Gasteiger partial charge in [0.1, 0.15) is 0 Å². The third-order valence-electron chi connectivity index (χ3n) is 3.08. The van der Waals surface area contributed by atoms with E-state index in [9.17, 15) is 13.2 Å². The Morgan fingerprint density at radius 1 is 1.00 bits per heavy atom. The first-order valence-corrected chi connectivity index (χ1v) is 8.10. The lowest BCUT2D eigenvalue weighted by molar-refractivity contribution is -0.117. The summed E-state index contributed by atoms with van der Waals surface area (Å²) in [5.41, 5.74) is 1.36. The summed E-state index contributed by atoms with van der Waals surface area (Å²) in [5.74, 6) is -0.456. The minimum Gasteiger partial charge on any atom is -0.273 e. The van der Waals surface area contributed by atoms with Gasteiger partial charge in [-0.05, 0) is 31.2 Å². The van der Waals surface area contributed by atoms with Crippen LogP contribution in [0.25, 0.3) is 0 Å². The van der Waals surface area contributed by atoms with Crippen LogP contribution in [0.3, 0.4) is 0 Å². The van der Waals surface area contributed by atoms with Gasteiger partial charge in [0.05, 0.1) is 10.6 Å². The molecule has 0 N–H and O–H groups in total. The van der Waals surface area contributed by atoms with Crippen molar-refractivity contribution in [3.63, 3.8) is 0 Å². The van der Waals surface area contributed by atoms with Crippen LogP contribution in [0.1, 0.15) is 18.9 Å². The number of carbonyl (C=O) groups is 1. The summed E-state index contributed by atoms with van der Waals surface area (Å²) in [7, 11) is -3.89. The molecule has 0 radical (unpaired) electrons. The fourth-order valence-electron chi connectivity index (χ4n) is 1.94. The molecule has 21 heavy (non-hydrogen) atoms. The van der Waals surface area contributed by atoms with Crippen molar-refractivity contribution in [1.82, 2.24) is 0 Å². The number of amides is 1. The molecule has 1 amide bonds. The summed E-state index contributed by atoms with van der Waals surface area (Å²) >= 11 is 0. The zero-order chi connectivity index (χ0) is 15.5. The maximum atomic E-state index is 12.7. The second-order valence-corrected chi connectivity index (χ2v) is 6.45. The minimum absolute atomic E-state index is 0.104. The number of nitrogens with zero attached hydrogens (tertiary/aromatic N) is 1. The fraction of sp³-hybridized carbons (Fsp3) is 0.188. The summed E-state index contributed by atoms with van der Waals surface area (Å²) < 4.78 is 26.3. The number of anilines is 1. The average molecular weight is 303 g/mol.